The number of ether oxygens (including phenoxy) is 6. The zero-order chi connectivity index (χ0) is 46.5. The maximum Gasteiger partial charge on any atom is 0.311 e. The maximum absolute atomic E-state index is 14.5. The highest BCUT2D eigenvalue weighted by Gasteiger charge is 2.58. The average Bonchev–Trinajstić information content (AvgIpc) is 3.21. The van der Waals surface area contributed by atoms with E-state index in [1.807, 2.05) is 70.1 Å². The molecule has 15 heteroatoms. The van der Waals surface area contributed by atoms with Gasteiger partial charge in [0.25, 0.3) is 0 Å². The molecule has 0 aliphatic carbocycles. The lowest BCUT2D eigenvalue weighted by Crippen LogP contribution is -2.70. The summed E-state index contributed by atoms with van der Waals surface area (Å²) < 4.78 is 39.1. The van der Waals surface area contributed by atoms with Crippen molar-refractivity contribution in [3.05, 3.63) is 35.9 Å². The molecule has 3 saturated heterocycles. The molecule has 0 bridgehead atoms. The van der Waals surface area contributed by atoms with Gasteiger partial charge in [-0.3, -0.25) is 4.79 Å². The SMILES string of the molecule is CC[C@H]1OC(=O)[C@H](C)[C@H](O[C@@H]2C[C@](C)(OC)[C@@](O)(CNCC(O)c3ccccc3)[C@H](C)O2)[C@H](C)[C@@H](O[C@@H]2O[C@H](C)C[C@H](N(C)C)[C@H]2O)C(C)(C)C[C@@H](C)NC[C@H](C)[C@@H](O)[C@]1(C)O. The van der Waals surface area contributed by atoms with Gasteiger partial charge in [0.15, 0.2) is 12.6 Å². The average molecular weight is 882 g/mol. The van der Waals surface area contributed by atoms with E-state index in [2.05, 4.69) is 31.4 Å². The Bertz CT molecular complexity index is 1540. The van der Waals surface area contributed by atoms with Crippen LogP contribution in [0.15, 0.2) is 30.3 Å². The fourth-order valence-corrected chi connectivity index (χ4v) is 10.3. The van der Waals surface area contributed by atoms with Gasteiger partial charge in [0.2, 0.25) is 0 Å². The first-order chi connectivity index (χ1) is 28.8. The summed E-state index contributed by atoms with van der Waals surface area (Å²) in [6.45, 7) is 21.2. The second kappa shape index (κ2) is 21.6. The molecule has 0 aromatic heterocycles. The van der Waals surface area contributed by atoms with Crippen molar-refractivity contribution in [3.63, 3.8) is 0 Å². The summed E-state index contributed by atoms with van der Waals surface area (Å²) >= 11 is 0. The molecule has 62 heavy (non-hydrogen) atoms. The van der Waals surface area contributed by atoms with Gasteiger partial charge in [-0.15, -0.1) is 0 Å². The third kappa shape index (κ3) is 11.9. The number of aliphatic hydroxyl groups excluding tert-OH is 3. The Kier molecular flexibility index (Phi) is 18.4. The van der Waals surface area contributed by atoms with Crippen molar-refractivity contribution >= 4 is 5.97 Å². The third-order valence-corrected chi connectivity index (χ3v) is 14.4. The van der Waals surface area contributed by atoms with Crippen molar-refractivity contribution in [3.8, 4) is 0 Å². The van der Waals surface area contributed by atoms with Gasteiger partial charge in [-0.25, -0.2) is 0 Å². The molecule has 3 heterocycles. The fraction of sp³-hybridized carbons (Fsp3) is 0.851. The number of likely N-dealkylation sites (N-methyl/N-ethyl adjacent to an activating group) is 1. The van der Waals surface area contributed by atoms with Crippen LogP contribution in [0, 0.1) is 23.2 Å². The Morgan fingerprint density at radius 3 is 2.21 bits per heavy atom. The van der Waals surface area contributed by atoms with Crippen LogP contribution in [0.5, 0.6) is 0 Å². The van der Waals surface area contributed by atoms with Crippen molar-refractivity contribution in [2.45, 2.75) is 192 Å². The molecule has 0 amide bonds. The summed E-state index contributed by atoms with van der Waals surface area (Å²) in [6.07, 6.45) is -7.18. The van der Waals surface area contributed by atoms with Crippen LogP contribution in [0.25, 0.3) is 0 Å². The number of hydrogen-bond acceptors (Lipinski definition) is 15. The molecule has 3 aliphatic rings. The quantitative estimate of drug-likeness (QED) is 0.150. The molecule has 7 N–H and O–H groups in total. The Morgan fingerprint density at radius 2 is 1.61 bits per heavy atom. The predicted octanol–water partition coefficient (Wildman–Crippen LogP) is 3.53. The second-order valence-electron chi connectivity index (χ2n) is 20.2. The number of rotatable bonds is 12. The number of hydrogen-bond donors (Lipinski definition) is 7. The number of esters is 1. The molecule has 0 saturated carbocycles. The topological polar surface area (TPSA) is 201 Å². The Balaban J connectivity index is 1.74. The van der Waals surface area contributed by atoms with Gasteiger partial charge >= 0.3 is 5.97 Å². The van der Waals surface area contributed by atoms with E-state index < -0.39 is 101 Å². The van der Waals surface area contributed by atoms with Gasteiger partial charge in [-0.05, 0) is 91.8 Å². The van der Waals surface area contributed by atoms with Crippen LogP contribution in [-0.4, -0.2) is 161 Å². The fourth-order valence-electron chi connectivity index (χ4n) is 10.3. The first kappa shape index (κ1) is 52.8. The monoisotopic (exact) mass is 882 g/mol. The van der Waals surface area contributed by atoms with E-state index in [-0.39, 0.29) is 44.1 Å². The van der Waals surface area contributed by atoms with Gasteiger partial charge < -0.3 is 69.5 Å². The summed E-state index contributed by atoms with van der Waals surface area (Å²) in [5.74, 6) is -2.58. The molecule has 358 valence electrons. The van der Waals surface area contributed by atoms with Crippen LogP contribution in [0.2, 0.25) is 0 Å². The largest absolute Gasteiger partial charge is 0.459 e. The number of benzene rings is 1. The molecule has 4 rings (SSSR count). The molecule has 0 spiro atoms. The highest BCUT2D eigenvalue weighted by molar-refractivity contribution is 5.73. The number of nitrogens with one attached hydrogen (secondary N) is 2. The maximum atomic E-state index is 14.5. The van der Waals surface area contributed by atoms with Crippen LogP contribution < -0.4 is 10.6 Å². The second-order valence-corrected chi connectivity index (χ2v) is 20.2. The first-order valence-electron chi connectivity index (χ1n) is 22.8. The molecular weight excluding hydrogens is 799 g/mol. The molecule has 18 atom stereocenters. The van der Waals surface area contributed by atoms with Crippen LogP contribution in [0.3, 0.4) is 0 Å². The summed E-state index contributed by atoms with van der Waals surface area (Å²) in [5, 5.41) is 65.0. The summed E-state index contributed by atoms with van der Waals surface area (Å²) in [6, 6.07) is 8.97. The molecule has 1 unspecified atom stereocenters. The number of methoxy groups -OCH3 is 1. The van der Waals surface area contributed by atoms with Gasteiger partial charge in [0.05, 0.1) is 42.5 Å². The van der Waals surface area contributed by atoms with E-state index >= 15 is 0 Å². The lowest BCUT2D eigenvalue weighted by atomic mass is 9.72. The summed E-state index contributed by atoms with van der Waals surface area (Å²) in [7, 11) is 5.37. The third-order valence-electron chi connectivity index (χ3n) is 14.4. The number of cyclic esters (lactones) is 1. The Morgan fingerprint density at radius 1 is 0.968 bits per heavy atom. The van der Waals surface area contributed by atoms with E-state index in [1.54, 1.807) is 27.7 Å². The number of carbonyl (C=O) groups is 1. The number of carbonyl (C=O) groups excluding carboxylic acids is 1. The Labute approximate surface area is 371 Å². The lowest BCUT2D eigenvalue weighted by Gasteiger charge is -2.54. The highest BCUT2D eigenvalue weighted by Crippen LogP contribution is 2.44. The molecule has 0 radical (unpaired) electrons. The van der Waals surface area contributed by atoms with Gasteiger partial charge in [-0.1, -0.05) is 65.0 Å². The molecule has 3 fully saturated rings. The van der Waals surface area contributed by atoms with Crippen molar-refractivity contribution in [1.82, 2.24) is 15.5 Å². The summed E-state index contributed by atoms with van der Waals surface area (Å²) in [4.78, 5) is 16.5. The first-order valence-corrected chi connectivity index (χ1v) is 22.8. The smallest absolute Gasteiger partial charge is 0.311 e. The molecule has 1 aromatic carbocycles. The van der Waals surface area contributed by atoms with Crippen LogP contribution in [0.4, 0.5) is 0 Å². The summed E-state index contributed by atoms with van der Waals surface area (Å²) in [5.41, 5.74) is -4.45. The van der Waals surface area contributed by atoms with Crippen molar-refractivity contribution in [2.24, 2.45) is 23.2 Å². The standard InChI is InChI=1S/C47H83N3O12/c1-15-36-46(11,55)40(53)27(2)24-49-28(3)22-44(8,9)41(62-43-38(52)34(50(12)13)21-29(4)58-43)30(5)39(31(6)42(54)60-36)61-37-23-45(10,57-14)47(56,32(7)59-37)26-48-25-35(51)33-19-17-16-18-20-33/h16-20,27-32,34-41,43,48-49,51-53,55-56H,15,21-26H2,1-14H3/t27-,28+,29+,30-,31+,32-,34-,35?,36+,37+,38+,39+,40+,41+,43-,45-,46+,47+/m0/s1. The van der Waals surface area contributed by atoms with E-state index in [4.69, 9.17) is 28.4 Å². The van der Waals surface area contributed by atoms with Gasteiger partial charge in [-0.2, -0.15) is 0 Å². The minimum Gasteiger partial charge on any atom is -0.459 e. The van der Waals surface area contributed by atoms with Crippen molar-refractivity contribution in [1.29, 1.82) is 0 Å². The normalized spacial score (nSPS) is 43.3. The number of aliphatic hydroxyl groups is 5. The van der Waals surface area contributed by atoms with E-state index in [9.17, 15) is 30.3 Å². The number of nitrogens with zero attached hydrogens (tertiary/aromatic N) is 1. The van der Waals surface area contributed by atoms with Gasteiger partial charge in [0.1, 0.15) is 29.0 Å². The highest BCUT2D eigenvalue weighted by atomic mass is 16.7. The van der Waals surface area contributed by atoms with E-state index in [0.717, 1.165) is 5.56 Å². The zero-order valence-corrected chi connectivity index (χ0v) is 40.0. The molecule has 1 aromatic rings. The predicted molar refractivity (Wildman–Crippen MR) is 236 cm³/mol. The molecule has 3 aliphatic heterocycles. The van der Waals surface area contributed by atoms with E-state index in [0.29, 0.717) is 19.4 Å². The minimum absolute atomic E-state index is 0.0346. The van der Waals surface area contributed by atoms with Crippen LogP contribution in [-0.2, 0) is 33.2 Å². The molecule has 15 nitrogen and oxygen atoms in total. The van der Waals surface area contributed by atoms with Gasteiger partial charge in [0, 0.05) is 51.2 Å². The minimum atomic E-state index is -1.77. The lowest BCUT2D eigenvalue weighted by molar-refractivity contribution is -0.334. The zero-order valence-electron chi connectivity index (χ0n) is 40.0. The van der Waals surface area contributed by atoms with Crippen molar-refractivity contribution in [2.75, 3.05) is 40.8 Å². The molecular formula is C47H83N3O12. The van der Waals surface area contributed by atoms with Crippen molar-refractivity contribution < 1.29 is 58.7 Å². The van der Waals surface area contributed by atoms with Crippen LogP contribution >= 0.6 is 0 Å². The van der Waals surface area contributed by atoms with Crippen LogP contribution in [0.1, 0.15) is 114 Å². The Hall–Kier alpha value is -1.83. The van der Waals surface area contributed by atoms with E-state index in [1.165, 1.54) is 14.0 Å².